The molecule has 1 atom stereocenters. The summed E-state index contributed by atoms with van der Waals surface area (Å²) in [5.41, 5.74) is 6.73. The van der Waals surface area contributed by atoms with Gasteiger partial charge in [-0.1, -0.05) is 32.4 Å². The van der Waals surface area contributed by atoms with Crippen LogP contribution in [0.4, 0.5) is 0 Å². The predicted octanol–water partition coefficient (Wildman–Crippen LogP) is 2.62. The minimum Gasteiger partial charge on any atom is -0.493 e. The van der Waals surface area contributed by atoms with E-state index in [9.17, 15) is 0 Å². The monoisotopic (exact) mass is 237 g/mol. The molecule has 0 heterocycles. The number of hydrogen-bond donors (Lipinski definition) is 1. The fourth-order valence-electron chi connectivity index (χ4n) is 1.58. The first kappa shape index (κ1) is 13.8. The van der Waals surface area contributed by atoms with Crippen LogP contribution in [-0.2, 0) is 6.42 Å². The van der Waals surface area contributed by atoms with E-state index in [2.05, 4.69) is 13.8 Å². The second kappa shape index (κ2) is 7.17. The van der Waals surface area contributed by atoms with Crippen LogP contribution in [0.1, 0.15) is 25.8 Å². The van der Waals surface area contributed by atoms with Crippen LogP contribution in [0.25, 0.3) is 0 Å². The van der Waals surface area contributed by atoms with Crippen molar-refractivity contribution in [3.8, 4) is 11.5 Å². The van der Waals surface area contributed by atoms with Crippen molar-refractivity contribution in [2.75, 3.05) is 20.3 Å². The highest BCUT2D eigenvalue weighted by molar-refractivity contribution is 5.46. The Labute approximate surface area is 104 Å². The van der Waals surface area contributed by atoms with Crippen molar-refractivity contribution in [1.29, 1.82) is 0 Å². The molecule has 96 valence electrons. The number of benzene rings is 1. The molecule has 0 aliphatic rings. The lowest BCUT2D eigenvalue weighted by atomic mass is 10.1. The Kier molecular flexibility index (Phi) is 5.84. The lowest BCUT2D eigenvalue weighted by molar-refractivity contribution is 0.242. The molecule has 0 radical (unpaired) electrons. The van der Waals surface area contributed by atoms with Crippen LogP contribution in [-0.4, -0.2) is 20.3 Å². The van der Waals surface area contributed by atoms with Crippen LogP contribution in [0, 0.1) is 5.92 Å². The second-order valence-electron chi connectivity index (χ2n) is 4.31. The van der Waals surface area contributed by atoms with Gasteiger partial charge in [0.25, 0.3) is 0 Å². The molecule has 0 amide bonds. The van der Waals surface area contributed by atoms with Gasteiger partial charge in [-0.3, -0.25) is 0 Å². The molecule has 17 heavy (non-hydrogen) atoms. The third-order valence-corrected chi connectivity index (χ3v) is 2.90. The highest BCUT2D eigenvalue weighted by Gasteiger charge is 2.11. The molecule has 1 rings (SSSR count). The summed E-state index contributed by atoms with van der Waals surface area (Å²) in [4.78, 5) is 0. The van der Waals surface area contributed by atoms with Crippen LogP contribution in [0.5, 0.6) is 11.5 Å². The summed E-state index contributed by atoms with van der Waals surface area (Å²) in [5, 5.41) is 0. The fourth-order valence-corrected chi connectivity index (χ4v) is 1.58. The molecule has 3 nitrogen and oxygen atoms in total. The zero-order valence-corrected chi connectivity index (χ0v) is 11.0. The topological polar surface area (TPSA) is 44.5 Å². The van der Waals surface area contributed by atoms with Crippen molar-refractivity contribution in [2.24, 2.45) is 11.7 Å². The molecule has 2 N–H and O–H groups in total. The number of para-hydroxylation sites is 1. The highest BCUT2D eigenvalue weighted by Crippen LogP contribution is 2.31. The zero-order valence-electron chi connectivity index (χ0n) is 11.0. The van der Waals surface area contributed by atoms with Gasteiger partial charge in [0.05, 0.1) is 13.7 Å². The SMILES string of the molecule is CCC(C)COc1c(CCN)cccc1OC. The number of nitrogens with two attached hydrogens (primary N) is 1. The largest absolute Gasteiger partial charge is 0.493 e. The van der Waals surface area contributed by atoms with Gasteiger partial charge in [-0.05, 0) is 30.5 Å². The van der Waals surface area contributed by atoms with E-state index in [1.807, 2.05) is 18.2 Å². The van der Waals surface area contributed by atoms with Gasteiger partial charge in [0.15, 0.2) is 11.5 Å². The number of rotatable bonds is 7. The van der Waals surface area contributed by atoms with E-state index >= 15 is 0 Å². The molecule has 0 aliphatic heterocycles. The lowest BCUT2D eigenvalue weighted by Gasteiger charge is -2.17. The normalized spacial score (nSPS) is 12.2. The molecule has 0 bridgehead atoms. The van der Waals surface area contributed by atoms with Crippen LogP contribution in [0.2, 0.25) is 0 Å². The average molecular weight is 237 g/mol. The molecular weight excluding hydrogens is 214 g/mol. The molecular formula is C14H23NO2. The summed E-state index contributed by atoms with van der Waals surface area (Å²) in [6.45, 7) is 5.68. The Bertz CT molecular complexity index is 339. The van der Waals surface area contributed by atoms with Gasteiger partial charge in [-0.25, -0.2) is 0 Å². The van der Waals surface area contributed by atoms with E-state index in [-0.39, 0.29) is 0 Å². The van der Waals surface area contributed by atoms with E-state index in [1.54, 1.807) is 7.11 Å². The molecule has 0 fully saturated rings. The minimum atomic E-state index is 0.547. The summed E-state index contributed by atoms with van der Waals surface area (Å²) >= 11 is 0. The number of hydrogen-bond acceptors (Lipinski definition) is 3. The highest BCUT2D eigenvalue weighted by atomic mass is 16.5. The third-order valence-electron chi connectivity index (χ3n) is 2.90. The maximum atomic E-state index is 5.88. The van der Waals surface area contributed by atoms with Gasteiger partial charge in [-0.2, -0.15) is 0 Å². The Morgan fingerprint density at radius 2 is 2.12 bits per heavy atom. The Hall–Kier alpha value is -1.22. The molecule has 0 saturated carbocycles. The minimum absolute atomic E-state index is 0.547. The Balaban J connectivity index is 2.84. The number of ether oxygens (including phenoxy) is 2. The van der Waals surface area contributed by atoms with Crippen molar-refractivity contribution in [2.45, 2.75) is 26.7 Å². The zero-order chi connectivity index (χ0) is 12.7. The standard InChI is InChI=1S/C14H23NO2/c1-4-11(2)10-17-14-12(8-9-15)6-5-7-13(14)16-3/h5-7,11H,4,8-10,15H2,1-3H3. The first-order valence-electron chi connectivity index (χ1n) is 6.21. The smallest absolute Gasteiger partial charge is 0.164 e. The van der Waals surface area contributed by atoms with Gasteiger partial charge in [0, 0.05) is 0 Å². The van der Waals surface area contributed by atoms with Gasteiger partial charge in [0.1, 0.15) is 0 Å². The summed E-state index contributed by atoms with van der Waals surface area (Å²) in [5.74, 6) is 2.19. The number of methoxy groups -OCH3 is 1. The molecule has 1 aromatic carbocycles. The van der Waals surface area contributed by atoms with Crippen molar-refractivity contribution in [3.05, 3.63) is 23.8 Å². The Morgan fingerprint density at radius 3 is 2.71 bits per heavy atom. The van der Waals surface area contributed by atoms with Crippen molar-refractivity contribution < 1.29 is 9.47 Å². The summed E-state index contributed by atoms with van der Waals surface area (Å²) in [6, 6.07) is 5.94. The first-order chi connectivity index (χ1) is 8.22. The van der Waals surface area contributed by atoms with Crippen molar-refractivity contribution in [3.63, 3.8) is 0 Å². The van der Waals surface area contributed by atoms with Gasteiger partial charge < -0.3 is 15.2 Å². The van der Waals surface area contributed by atoms with Crippen LogP contribution < -0.4 is 15.2 Å². The molecule has 1 unspecified atom stereocenters. The van der Waals surface area contributed by atoms with E-state index in [0.717, 1.165) is 29.9 Å². The second-order valence-corrected chi connectivity index (χ2v) is 4.31. The quantitative estimate of drug-likeness (QED) is 0.793. The van der Waals surface area contributed by atoms with E-state index in [1.165, 1.54) is 0 Å². The molecule has 3 heteroatoms. The van der Waals surface area contributed by atoms with Crippen molar-refractivity contribution in [1.82, 2.24) is 0 Å². The van der Waals surface area contributed by atoms with Crippen LogP contribution in [0.15, 0.2) is 18.2 Å². The molecule has 0 spiro atoms. The van der Waals surface area contributed by atoms with E-state index < -0.39 is 0 Å². The summed E-state index contributed by atoms with van der Waals surface area (Å²) in [7, 11) is 1.66. The average Bonchev–Trinajstić information content (AvgIpc) is 2.36. The molecule has 0 aliphatic carbocycles. The van der Waals surface area contributed by atoms with E-state index in [0.29, 0.717) is 19.1 Å². The first-order valence-corrected chi connectivity index (χ1v) is 6.21. The van der Waals surface area contributed by atoms with Crippen LogP contribution in [0.3, 0.4) is 0 Å². The summed E-state index contributed by atoms with van der Waals surface area (Å²) < 4.78 is 11.2. The van der Waals surface area contributed by atoms with Crippen molar-refractivity contribution >= 4 is 0 Å². The predicted molar refractivity (Wildman–Crippen MR) is 70.7 cm³/mol. The molecule has 0 aromatic heterocycles. The van der Waals surface area contributed by atoms with Crippen LogP contribution >= 0.6 is 0 Å². The molecule has 0 saturated heterocycles. The fraction of sp³-hybridized carbons (Fsp3) is 0.571. The lowest BCUT2D eigenvalue weighted by Crippen LogP contribution is -2.11. The van der Waals surface area contributed by atoms with Gasteiger partial charge >= 0.3 is 0 Å². The maximum absolute atomic E-state index is 5.88. The van der Waals surface area contributed by atoms with Gasteiger partial charge in [-0.15, -0.1) is 0 Å². The van der Waals surface area contributed by atoms with Gasteiger partial charge in [0.2, 0.25) is 0 Å². The molecule has 1 aromatic rings. The maximum Gasteiger partial charge on any atom is 0.164 e. The van der Waals surface area contributed by atoms with E-state index in [4.69, 9.17) is 15.2 Å². The summed E-state index contributed by atoms with van der Waals surface area (Å²) in [6.07, 6.45) is 1.93. The Morgan fingerprint density at radius 1 is 1.35 bits per heavy atom. The third kappa shape index (κ3) is 3.93.